The summed E-state index contributed by atoms with van der Waals surface area (Å²) in [5.74, 6) is 1.83. The summed E-state index contributed by atoms with van der Waals surface area (Å²) in [6.45, 7) is 1.37. The predicted octanol–water partition coefficient (Wildman–Crippen LogP) is 3.84. The average molecular weight is 294 g/mol. The van der Waals surface area contributed by atoms with Crippen LogP contribution in [0.3, 0.4) is 0 Å². The number of hydrogen-bond acceptors (Lipinski definition) is 3. The third-order valence-corrected chi connectivity index (χ3v) is 3.39. The fourth-order valence-electron chi connectivity index (χ4n) is 1.47. The molecule has 0 amide bonds. The molecule has 0 atom stereocenters. The van der Waals surface area contributed by atoms with Gasteiger partial charge in [0.15, 0.2) is 0 Å². The Morgan fingerprint density at radius 1 is 1.35 bits per heavy atom. The highest BCUT2D eigenvalue weighted by Gasteiger charge is 2.10. The van der Waals surface area contributed by atoms with E-state index >= 15 is 0 Å². The van der Waals surface area contributed by atoms with E-state index in [0.29, 0.717) is 23.2 Å². The van der Waals surface area contributed by atoms with Gasteiger partial charge in [0.25, 0.3) is 0 Å². The molecule has 0 fully saturated rings. The first kappa shape index (κ1) is 15.0. The summed E-state index contributed by atoms with van der Waals surface area (Å²) in [6, 6.07) is 3.60. The zero-order valence-electron chi connectivity index (χ0n) is 10.1. The highest BCUT2D eigenvalue weighted by atomic mass is 35.5. The Hall–Kier alpha value is -0.0900. The van der Waals surface area contributed by atoms with Gasteiger partial charge in [-0.05, 0) is 37.6 Å². The summed E-state index contributed by atoms with van der Waals surface area (Å²) in [4.78, 5) is 0. The number of halogens is 2. The van der Waals surface area contributed by atoms with E-state index in [1.807, 2.05) is 24.9 Å². The predicted molar refractivity (Wildman–Crippen MR) is 77.7 cm³/mol. The second-order valence-corrected chi connectivity index (χ2v) is 5.43. The van der Waals surface area contributed by atoms with Crippen molar-refractivity contribution in [1.82, 2.24) is 5.32 Å². The van der Waals surface area contributed by atoms with E-state index in [-0.39, 0.29) is 0 Å². The Kier molecular flexibility index (Phi) is 7.12. The van der Waals surface area contributed by atoms with Crippen molar-refractivity contribution in [2.24, 2.45) is 0 Å². The molecule has 17 heavy (non-hydrogen) atoms. The number of hydrogen-bond donors (Lipinski definition) is 1. The number of rotatable bonds is 7. The monoisotopic (exact) mass is 293 g/mol. The first-order valence-corrected chi connectivity index (χ1v) is 7.58. The lowest BCUT2D eigenvalue weighted by atomic mass is 10.2. The Labute approximate surface area is 117 Å². The van der Waals surface area contributed by atoms with Crippen LogP contribution in [-0.4, -0.2) is 25.7 Å². The molecule has 1 rings (SSSR count). The van der Waals surface area contributed by atoms with Crippen molar-refractivity contribution < 1.29 is 4.74 Å². The van der Waals surface area contributed by atoms with Crippen molar-refractivity contribution in [1.29, 1.82) is 0 Å². The lowest BCUT2D eigenvalue weighted by Gasteiger charge is -2.13. The third-order valence-electron chi connectivity index (χ3n) is 2.19. The molecule has 96 valence electrons. The molecule has 0 aliphatic carbocycles. The molecular weight excluding hydrogens is 277 g/mol. The fraction of sp³-hybridized carbons (Fsp3) is 0.500. The van der Waals surface area contributed by atoms with Gasteiger partial charge in [0.2, 0.25) is 0 Å². The van der Waals surface area contributed by atoms with Gasteiger partial charge in [-0.1, -0.05) is 23.2 Å². The molecule has 0 bridgehead atoms. The zero-order valence-corrected chi connectivity index (χ0v) is 12.4. The lowest BCUT2D eigenvalue weighted by Crippen LogP contribution is -2.09. The van der Waals surface area contributed by atoms with E-state index in [4.69, 9.17) is 27.9 Å². The van der Waals surface area contributed by atoms with Crippen LogP contribution in [0.2, 0.25) is 10.0 Å². The number of ether oxygens (including phenoxy) is 1. The molecule has 0 spiro atoms. The van der Waals surface area contributed by atoms with E-state index in [1.165, 1.54) is 0 Å². The van der Waals surface area contributed by atoms with E-state index in [9.17, 15) is 0 Å². The normalized spacial score (nSPS) is 10.6. The van der Waals surface area contributed by atoms with Gasteiger partial charge in [-0.3, -0.25) is 0 Å². The quantitative estimate of drug-likeness (QED) is 0.772. The summed E-state index contributed by atoms with van der Waals surface area (Å²) in [7, 11) is 1.88. The highest BCUT2D eigenvalue weighted by Crippen LogP contribution is 2.32. The van der Waals surface area contributed by atoms with E-state index in [0.717, 1.165) is 23.5 Å². The molecule has 0 heterocycles. The summed E-state index contributed by atoms with van der Waals surface area (Å²) >= 11 is 13.9. The van der Waals surface area contributed by atoms with Crippen LogP contribution in [0.4, 0.5) is 0 Å². The Morgan fingerprint density at radius 2 is 2.12 bits per heavy atom. The molecule has 0 saturated heterocycles. The minimum atomic E-state index is 0.576. The number of thioether (sulfide) groups is 1. The summed E-state index contributed by atoms with van der Waals surface area (Å²) < 4.78 is 5.73. The van der Waals surface area contributed by atoms with Crippen LogP contribution in [0.5, 0.6) is 5.75 Å². The first-order valence-electron chi connectivity index (χ1n) is 5.43. The van der Waals surface area contributed by atoms with Crippen molar-refractivity contribution >= 4 is 35.0 Å². The molecule has 0 aliphatic heterocycles. The summed E-state index contributed by atoms with van der Waals surface area (Å²) in [6.07, 6.45) is 3.10. The molecule has 1 aromatic carbocycles. The van der Waals surface area contributed by atoms with Gasteiger partial charge in [0.05, 0.1) is 11.6 Å². The smallest absolute Gasteiger partial charge is 0.142 e. The topological polar surface area (TPSA) is 21.3 Å². The lowest BCUT2D eigenvalue weighted by molar-refractivity contribution is 0.315. The Morgan fingerprint density at radius 3 is 2.76 bits per heavy atom. The molecule has 1 aromatic rings. The molecule has 0 aromatic heterocycles. The standard InChI is InChI=1S/C12H17Cl2NOS/c1-15-8-9-6-10(13)7-11(14)12(9)16-4-3-5-17-2/h6-7,15H,3-5,8H2,1-2H3. The fourth-order valence-corrected chi connectivity index (χ4v) is 2.47. The van der Waals surface area contributed by atoms with Gasteiger partial charge < -0.3 is 10.1 Å². The van der Waals surface area contributed by atoms with Crippen molar-refractivity contribution in [2.45, 2.75) is 13.0 Å². The second-order valence-electron chi connectivity index (χ2n) is 3.60. The largest absolute Gasteiger partial charge is 0.492 e. The van der Waals surface area contributed by atoms with Crippen molar-refractivity contribution in [3.05, 3.63) is 27.7 Å². The maximum absolute atomic E-state index is 6.14. The number of nitrogens with one attached hydrogen (secondary N) is 1. The van der Waals surface area contributed by atoms with E-state index < -0.39 is 0 Å². The van der Waals surface area contributed by atoms with Crippen LogP contribution in [0, 0.1) is 0 Å². The van der Waals surface area contributed by atoms with Crippen LogP contribution in [-0.2, 0) is 6.54 Å². The molecule has 0 aliphatic rings. The van der Waals surface area contributed by atoms with Gasteiger partial charge in [0, 0.05) is 17.1 Å². The Balaban J connectivity index is 2.73. The maximum atomic E-state index is 6.14. The molecule has 1 N–H and O–H groups in total. The second kappa shape index (κ2) is 8.09. The van der Waals surface area contributed by atoms with Crippen LogP contribution in [0.1, 0.15) is 12.0 Å². The average Bonchev–Trinajstić information content (AvgIpc) is 2.27. The summed E-state index contributed by atoms with van der Waals surface area (Å²) in [5, 5.41) is 4.29. The Bertz CT molecular complexity index is 361. The van der Waals surface area contributed by atoms with Gasteiger partial charge >= 0.3 is 0 Å². The van der Waals surface area contributed by atoms with Gasteiger partial charge in [-0.15, -0.1) is 0 Å². The minimum absolute atomic E-state index is 0.576. The summed E-state index contributed by atoms with van der Waals surface area (Å²) in [5.41, 5.74) is 0.995. The van der Waals surface area contributed by atoms with Crippen molar-refractivity contribution in [2.75, 3.05) is 25.7 Å². The van der Waals surface area contributed by atoms with Gasteiger partial charge in [0.1, 0.15) is 5.75 Å². The molecule has 0 unspecified atom stereocenters. The van der Waals surface area contributed by atoms with Crippen LogP contribution in [0.15, 0.2) is 12.1 Å². The molecule has 5 heteroatoms. The molecular formula is C12H17Cl2NOS. The van der Waals surface area contributed by atoms with Crippen LogP contribution in [0.25, 0.3) is 0 Å². The molecule has 2 nitrogen and oxygen atoms in total. The highest BCUT2D eigenvalue weighted by molar-refractivity contribution is 7.98. The van der Waals surface area contributed by atoms with Crippen molar-refractivity contribution in [3.8, 4) is 5.75 Å². The van der Waals surface area contributed by atoms with Gasteiger partial charge in [-0.25, -0.2) is 0 Å². The SMILES string of the molecule is CNCc1cc(Cl)cc(Cl)c1OCCCSC. The minimum Gasteiger partial charge on any atom is -0.492 e. The molecule has 0 radical (unpaired) electrons. The number of benzene rings is 1. The van der Waals surface area contributed by atoms with Gasteiger partial charge in [-0.2, -0.15) is 11.8 Å². The van der Waals surface area contributed by atoms with Crippen molar-refractivity contribution in [3.63, 3.8) is 0 Å². The first-order chi connectivity index (χ1) is 8.19. The van der Waals surface area contributed by atoms with E-state index in [1.54, 1.807) is 6.07 Å². The maximum Gasteiger partial charge on any atom is 0.142 e. The molecule has 0 saturated carbocycles. The zero-order chi connectivity index (χ0) is 12.7. The van der Waals surface area contributed by atoms with E-state index in [2.05, 4.69) is 11.6 Å². The van der Waals surface area contributed by atoms with Crippen LogP contribution < -0.4 is 10.1 Å². The third kappa shape index (κ3) is 4.96. The van der Waals surface area contributed by atoms with Crippen LogP contribution >= 0.6 is 35.0 Å².